The monoisotopic (exact) mass is 208 g/mol. The zero-order valence-electron chi connectivity index (χ0n) is 8.73. The van der Waals surface area contributed by atoms with E-state index in [1.54, 1.807) is 6.07 Å². The first-order valence-corrected chi connectivity index (χ1v) is 4.72. The van der Waals surface area contributed by atoms with Crippen LogP contribution >= 0.6 is 0 Å². The van der Waals surface area contributed by atoms with Crippen LogP contribution in [0.5, 0.6) is 5.75 Å². The summed E-state index contributed by atoms with van der Waals surface area (Å²) in [6.45, 7) is 2.35. The van der Waals surface area contributed by atoms with Crippen LogP contribution in [0.1, 0.15) is 11.3 Å². The minimum Gasteiger partial charge on any atom is -0.494 e. The van der Waals surface area contributed by atoms with E-state index in [9.17, 15) is 4.39 Å². The smallest absolute Gasteiger partial charge is 0.167 e. The fraction of sp³-hybridized carbons (Fsp3) is 0.273. The van der Waals surface area contributed by atoms with Crippen LogP contribution in [0.25, 0.3) is 10.9 Å². The molecule has 3 N–H and O–H groups in total. The molecule has 0 fully saturated rings. The first-order chi connectivity index (χ1) is 7.17. The molecule has 2 aromatic rings. The van der Waals surface area contributed by atoms with Crippen molar-refractivity contribution in [3.63, 3.8) is 0 Å². The van der Waals surface area contributed by atoms with Gasteiger partial charge in [0.15, 0.2) is 11.6 Å². The lowest BCUT2D eigenvalue weighted by Gasteiger charge is -2.02. The number of aromatic amines is 1. The molecule has 2 rings (SSSR count). The SMILES string of the molecule is COc1cc2c(CN)c(C)[nH]c2cc1F. The van der Waals surface area contributed by atoms with Gasteiger partial charge in [-0.25, -0.2) is 4.39 Å². The maximum Gasteiger partial charge on any atom is 0.167 e. The van der Waals surface area contributed by atoms with Crippen molar-refractivity contribution >= 4 is 10.9 Å². The molecule has 0 saturated carbocycles. The summed E-state index contributed by atoms with van der Waals surface area (Å²) in [5, 5.41) is 0.924. The Bertz CT molecular complexity index is 505. The van der Waals surface area contributed by atoms with Gasteiger partial charge in [0.1, 0.15) is 0 Å². The predicted molar refractivity (Wildman–Crippen MR) is 57.4 cm³/mol. The maximum atomic E-state index is 13.4. The van der Waals surface area contributed by atoms with Gasteiger partial charge in [-0.05, 0) is 18.6 Å². The van der Waals surface area contributed by atoms with Crippen LogP contribution in [0.4, 0.5) is 4.39 Å². The molecule has 0 aliphatic heterocycles. The Hall–Kier alpha value is -1.55. The maximum absolute atomic E-state index is 13.4. The number of methoxy groups -OCH3 is 1. The van der Waals surface area contributed by atoms with E-state index < -0.39 is 0 Å². The molecule has 0 aliphatic rings. The number of nitrogens with one attached hydrogen (secondary N) is 1. The lowest BCUT2D eigenvalue weighted by molar-refractivity contribution is 0.387. The van der Waals surface area contributed by atoms with Gasteiger partial charge in [-0.2, -0.15) is 0 Å². The summed E-state index contributed by atoms with van der Waals surface area (Å²) < 4.78 is 18.3. The number of H-pyrrole nitrogens is 1. The number of ether oxygens (including phenoxy) is 1. The number of hydrogen-bond acceptors (Lipinski definition) is 2. The van der Waals surface area contributed by atoms with Gasteiger partial charge >= 0.3 is 0 Å². The number of aryl methyl sites for hydroxylation is 1. The molecular formula is C11H13FN2O. The first kappa shape index (κ1) is 9.98. The Balaban J connectivity index is 2.76. The Kier molecular flexibility index (Phi) is 2.36. The second-order valence-electron chi connectivity index (χ2n) is 3.47. The highest BCUT2D eigenvalue weighted by Crippen LogP contribution is 2.28. The molecule has 1 aromatic carbocycles. The van der Waals surface area contributed by atoms with Crippen molar-refractivity contribution in [2.24, 2.45) is 5.73 Å². The number of fused-ring (bicyclic) bond motifs is 1. The molecule has 15 heavy (non-hydrogen) atoms. The second kappa shape index (κ2) is 3.55. The summed E-state index contributed by atoms with van der Waals surface area (Å²) in [5.74, 6) is -0.119. The Morgan fingerprint density at radius 2 is 2.20 bits per heavy atom. The van der Waals surface area contributed by atoms with E-state index in [1.807, 2.05) is 6.92 Å². The van der Waals surface area contributed by atoms with E-state index in [1.165, 1.54) is 13.2 Å². The van der Waals surface area contributed by atoms with Crippen LogP contribution < -0.4 is 10.5 Å². The van der Waals surface area contributed by atoms with Crippen LogP contribution in [0.2, 0.25) is 0 Å². The fourth-order valence-corrected chi connectivity index (χ4v) is 1.81. The lowest BCUT2D eigenvalue weighted by atomic mass is 10.1. The largest absolute Gasteiger partial charge is 0.494 e. The number of nitrogens with two attached hydrogens (primary N) is 1. The van der Waals surface area contributed by atoms with Crippen molar-refractivity contribution in [1.29, 1.82) is 0 Å². The summed E-state index contributed by atoms with van der Waals surface area (Å²) in [6.07, 6.45) is 0. The summed E-state index contributed by atoms with van der Waals surface area (Å²) in [4.78, 5) is 3.09. The molecule has 0 unspecified atom stereocenters. The molecule has 0 bridgehead atoms. The van der Waals surface area contributed by atoms with Crippen LogP contribution in [0, 0.1) is 12.7 Å². The van der Waals surface area contributed by atoms with Crippen molar-refractivity contribution in [1.82, 2.24) is 4.98 Å². The molecular weight excluding hydrogens is 195 g/mol. The van der Waals surface area contributed by atoms with Gasteiger partial charge in [0, 0.05) is 29.2 Å². The summed E-state index contributed by atoms with van der Waals surface area (Å²) in [5.41, 5.74) is 8.37. The molecule has 1 aromatic heterocycles. The van der Waals surface area contributed by atoms with Crippen LogP contribution in [-0.2, 0) is 6.54 Å². The summed E-state index contributed by atoms with van der Waals surface area (Å²) in [7, 11) is 1.45. The molecule has 0 aliphatic carbocycles. The fourth-order valence-electron chi connectivity index (χ4n) is 1.81. The van der Waals surface area contributed by atoms with Crippen molar-refractivity contribution < 1.29 is 9.13 Å². The van der Waals surface area contributed by atoms with E-state index in [4.69, 9.17) is 10.5 Å². The first-order valence-electron chi connectivity index (χ1n) is 4.72. The van der Waals surface area contributed by atoms with Gasteiger partial charge in [-0.3, -0.25) is 0 Å². The summed E-state index contributed by atoms with van der Waals surface area (Å²) >= 11 is 0. The zero-order valence-corrected chi connectivity index (χ0v) is 8.73. The minimum absolute atomic E-state index is 0.246. The van der Waals surface area contributed by atoms with Gasteiger partial charge in [-0.15, -0.1) is 0 Å². The van der Waals surface area contributed by atoms with Crippen molar-refractivity contribution in [2.45, 2.75) is 13.5 Å². The number of hydrogen-bond donors (Lipinski definition) is 2. The van der Waals surface area contributed by atoms with Crippen molar-refractivity contribution in [3.8, 4) is 5.75 Å². The van der Waals surface area contributed by atoms with Crippen molar-refractivity contribution in [3.05, 3.63) is 29.2 Å². The normalized spacial score (nSPS) is 10.9. The Labute approximate surface area is 87.0 Å². The van der Waals surface area contributed by atoms with Gasteiger partial charge in [0.2, 0.25) is 0 Å². The lowest BCUT2D eigenvalue weighted by Crippen LogP contribution is -1.97. The van der Waals surface area contributed by atoms with Gasteiger partial charge in [0.25, 0.3) is 0 Å². The zero-order chi connectivity index (χ0) is 11.0. The quantitative estimate of drug-likeness (QED) is 0.793. The average molecular weight is 208 g/mol. The third-order valence-electron chi connectivity index (χ3n) is 2.60. The topological polar surface area (TPSA) is 51.0 Å². The van der Waals surface area contributed by atoms with E-state index in [-0.39, 0.29) is 11.6 Å². The number of rotatable bonds is 2. The van der Waals surface area contributed by atoms with Crippen LogP contribution in [-0.4, -0.2) is 12.1 Å². The average Bonchev–Trinajstić information content (AvgIpc) is 2.51. The molecule has 0 radical (unpaired) electrons. The number of halogens is 1. The Morgan fingerprint density at radius 3 is 2.80 bits per heavy atom. The Morgan fingerprint density at radius 1 is 1.47 bits per heavy atom. The third-order valence-corrected chi connectivity index (χ3v) is 2.60. The molecule has 3 nitrogen and oxygen atoms in total. The minimum atomic E-state index is -0.366. The third kappa shape index (κ3) is 1.47. The second-order valence-corrected chi connectivity index (χ2v) is 3.47. The van der Waals surface area contributed by atoms with E-state index in [2.05, 4.69) is 4.98 Å². The summed E-state index contributed by atoms with van der Waals surface area (Å²) in [6, 6.07) is 3.11. The van der Waals surface area contributed by atoms with Gasteiger partial charge in [0.05, 0.1) is 7.11 Å². The highest BCUT2D eigenvalue weighted by molar-refractivity contribution is 5.86. The molecule has 1 heterocycles. The van der Waals surface area contributed by atoms with E-state index in [0.29, 0.717) is 6.54 Å². The molecule has 4 heteroatoms. The van der Waals surface area contributed by atoms with Crippen molar-refractivity contribution in [2.75, 3.05) is 7.11 Å². The van der Waals surface area contributed by atoms with Crippen LogP contribution in [0.3, 0.4) is 0 Å². The van der Waals surface area contributed by atoms with Crippen LogP contribution in [0.15, 0.2) is 12.1 Å². The van der Waals surface area contributed by atoms with E-state index in [0.717, 1.165) is 22.2 Å². The van der Waals surface area contributed by atoms with Gasteiger partial charge < -0.3 is 15.5 Å². The van der Waals surface area contributed by atoms with E-state index >= 15 is 0 Å². The highest BCUT2D eigenvalue weighted by Gasteiger charge is 2.11. The molecule has 80 valence electrons. The molecule has 0 amide bonds. The van der Waals surface area contributed by atoms with Gasteiger partial charge in [-0.1, -0.05) is 0 Å². The standard InChI is InChI=1S/C11H13FN2O/c1-6-8(5-13)7-3-11(15-2)9(12)4-10(7)14-6/h3-4,14H,5,13H2,1-2H3. The number of aromatic nitrogens is 1. The highest BCUT2D eigenvalue weighted by atomic mass is 19.1. The molecule has 0 spiro atoms. The molecule has 0 atom stereocenters. The number of benzene rings is 1. The molecule has 0 saturated heterocycles. The predicted octanol–water partition coefficient (Wildman–Crippen LogP) is 2.08.